The summed E-state index contributed by atoms with van der Waals surface area (Å²) in [6, 6.07) is 27.8. The van der Waals surface area contributed by atoms with Gasteiger partial charge in [0.15, 0.2) is 42.3 Å². The predicted molar refractivity (Wildman–Crippen MR) is 180 cm³/mol. The van der Waals surface area contributed by atoms with Crippen LogP contribution in [0, 0.1) is 0 Å². The van der Waals surface area contributed by atoms with Crippen LogP contribution in [0.25, 0.3) is 56.4 Å². The molecule has 0 amide bonds. The summed E-state index contributed by atoms with van der Waals surface area (Å²) < 4.78 is 90.1. The van der Waals surface area contributed by atoms with E-state index in [-0.39, 0.29) is 12.6 Å². The van der Waals surface area contributed by atoms with Crippen LogP contribution >= 0.6 is 7.60 Å². The first kappa shape index (κ1) is 36.5. The zero-order chi connectivity index (χ0) is 37.1. The first-order valence-electron chi connectivity index (χ1n) is 15.8. The third-order valence-corrected chi connectivity index (χ3v) is 8.80. The molecule has 3 aromatic carbocycles. The zero-order valence-corrected chi connectivity index (χ0v) is 28.0. The Bertz CT molecular complexity index is 2070. The molecule has 8 nitrogen and oxygen atoms in total. The van der Waals surface area contributed by atoms with Crippen molar-refractivity contribution in [1.29, 1.82) is 0 Å². The van der Waals surface area contributed by atoms with Gasteiger partial charge in [0.2, 0.25) is 13.1 Å². The first-order chi connectivity index (χ1) is 24.6. The Morgan fingerprint density at radius 3 is 1.08 bits per heavy atom. The van der Waals surface area contributed by atoms with E-state index in [1.165, 1.54) is 24.8 Å². The van der Waals surface area contributed by atoms with E-state index in [4.69, 9.17) is 15.0 Å². The van der Waals surface area contributed by atoms with Crippen molar-refractivity contribution in [2.45, 2.75) is 31.9 Å². The second kappa shape index (κ2) is 14.7. The van der Waals surface area contributed by atoms with Gasteiger partial charge in [0.25, 0.3) is 0 Å². The van der Waals surface area contributed by atoms with E-state index in [2.05, 4.69) is 0 Å². The lowest BCUT2D eigenvalue weighted by Gasteiger charge is -2.10. The molecule has 0 unspecified atom stereocenters. The van der Waals surface area contributed by atoms with Gasteiger partial charge in [-0.15, -0.1) is 0 Å². The van der Waals surface area contributed by atoms with Crippen molar-refractivity contribution in [2.24, 2.45) is 0 Å². The third kappa shape index (κ3) is 9.93. The molecule has 0 aliphatic carbocycles. The van der Waals surface area contributed by atoms with Crippen LogP contribution in [0.3, 0.4) is 0 Å². The lowest BCUT2D eigenvalue weighted by atomic mass is 10.0. The van der Waals surface area contributed by atoms with Crippen molar-refractivity contribution < 1.29 is 49.8 Å². The van der Waals surface area contributed by atoms with E-state index in [1.807, 2.05) is 24.3 Å². The number of aryl methyl sites for hydroxylation is 1. The lowest BCUT2D eigenvalue weighted by molar-refractivity contribution is -0.719. The average Bonchev–Trinajstić information content (AvgIpc) is 3.10. The number of hydrogen-bond donors (Lipinski definition) is 2. The Morgan fingerprint density at radius 2 is 0.769 bits per heavy atom. The number of aromatic nitrogens is 5. The van der Waals surface area contributed by atoms with Gasteiger partial charge in [0.1, 0.15) is 0 Å². The highest BCUT2D eigenvalue weighted by atomic mass is 31.2. The van der Waals surface area contributed by atoms with Gasteiger partial charge in [0.05, 0.1) is 6.16 Å². The maximum Gasteiger partial charge on any atom is 0.448 e. The minimum Gasteiger partial charge on any atom is -0.324 e. The minimum absolute atomic E-state index is 0.185. The molecule has 2 N–H and O–H groups in total. The van der Waals surface area contributed by atoms with Gasteiger partial charge >= 0.3 is 19.9 Å². The fraction of sp³-hybridized carbons (Fsp3) is 0.162. The lowest BCUT2D eigenvalue weighted by Crippen LogP contribution is -2.40. The molecular weight excluding hydrogens is 707 g/mol. The molecule has 6 rings (SSSR count). The number of hydrogen-bond acceptors (Lipinski definition) is 4. The van der Waals surface area contributed by atoms with E-state index in [9.17, 15) is 40.7 Å². The molecule has 15 heteroatoms. The Hall–Kier alpha value is -5.30. The smallest absolute Gasteiger partial charge is 0.324 e. The second-order valence-electron chi connectivity index (χ2n) is 12.0. The third-order valence-electron chi connectivity index (χ3n) is 8.00. The van der Waals surface area contributed by atoms with E-state index in [1.54, 1.807) is 72.8 Å². The number of nitrogens with zero attached hydrogens (tertiary/aromatic N) is 5. The average molecular weight is 738 g/mol. The van der Waals surface area contributed by atoms with Crippen LogP contribution in [0.4, 0.5) is 26.3 Å². The molecule has 0 aliphatic heterocycles. The van der Waals surface area contributed by atoms with Gasteiger partial charge in [-0.25, -0.2) is 15.0 Å². The molecule has 3 heterocycles. The largest absolute Gasteiger partial charge is 0.448 e. The fourth-order valence-electron chi connectivity index (χ4n) is 5.41. The molecule has 0 spiro atoms. The van der Waals surface area contributed by atoms with Gasteiger partial charge in [-0.1, -0.05) is 72.8 Å². The van der Waals surface area contributed by atoms with Crippen molar-refractivity contribution in [3.05, 3.63) is 127 Å². The highest BCUT2D eigenvalue weighted by Crippen LogP contribution is 2.35. The molecule has 0 bridgehead atoms. The number of halogens is 6. The maximum absolute atomic E-state index is 12.8. The monoisotopic (exact) mass is 737 g/mol. The Labute approximate surface area is 293 Å². The van der Waals surface area contributed by atoms with Crippen molar-refractivity contribution in [2.75, 3.05) is 6.16 Å². The predicted octanol–water partition coefficient (Wildman–Crippen LogP) is 7.63. The minimum atomic E-state index is -4.33. The number of benzene rings is 3. The standard InChI is InChI=1S/C37H28F6N5O3P/c38-36(39,40)23-47-18-13-28(14-19-47)26-5-9-31(10-6-26)34-44-33(30-3-1-25(2-4-30)17-22-52(49,50)51)45-35(46-34)32-11-7-27(8-12-32)29-15-20-48(21-16-29)24-37(41,42)43/h1-16,18-21H,17,22-24H2/p+2. The second-order valence-corrected chi connectivity index (χ2v) is 13.8. The highest BCUT2D eigenvalue weighted by molar-refractivity contribution is 7.51. The number of pyridine rings is 2. The van der Waals surface area contributed by atoms with Crippen molar-refractivity contribution >= 4 is 7.60 Å². The summed E-state index contributed by atoms with van der Waals surface area (Å²) in [4.78, 5) is 32.7. The van der Waals surface area contributed by atoms with Gasteiger partial charge in [-0.2, -0.15) is 35.5 Å². The number of rotatable bonds is 10. The topological polar surface area (TPSA) is 104 Å². The first-order valence-corrected chi connectivity index (χ1v) is 17.6. The Morgan fingerprint density at radius 1 is 0.481 bits per heavy atom. The zero-order valence-electron chi connectivity index (χ0n) is 27.1. The van der Waals surface area contributed by atoms with Crippen LogP contribution in [-0.4, -0.2) is 43.3 Å². The van der Waals surface area contributed by atoms with Gasteiger partial charge in [-0.05, 0) is 34.2 Å². The van der Waals surface area contributed by atoms with Crippen molar-refractivity contribution in [3.63, 3.8) is 0 Å². The van der Waals surface area contributed by atoms with E-state index < -0.39 is 33.0 Å². The van der Waals surface area contributed by atoms with Crippen LogP contribution in [0.2, 0.25) is 0 Å². The summed E-state index contributed by atoms with van der Waals surface area (Å²) in [7, 11) is -4.17. The normalized spacial score (nSPS) is 12.2. The summed E-state index contributed by atoms with van der Waals surface area (Å²) in [5, 5.41) is 0. The molecule has 0 saturated carbocycles. The van der Waals surface area contributed by atoms with Crippen LogP contribution in [0.15, 0.2) is 122 Å². The molecule has 6 aromatic rings. The quantitative estimate of drug-likeness (QED) is 0.0852. The van der Waals surface area contributed by atoms with Gasteiger partial charge in [-0.3, -0.25) is 4.57 Å². The molecule has 0 aliphatic rings. The van der Waals surface area contributed by atoms with E-state index in [0.29, 0.717) is 34.2 Å². The molecule has 52 heavy (non-hydrogen) atoms. The molecule has 0 fully saturated rings. The fourth-order valence-corrected chi connectivity index (χ4v) is 5.96. The Kier molecular flexibility index (Phi) is 10.3. The van der Waals surface area contributed by atoms with E-state index in [0.717, 1.165) is 37.0 Å². The van der Waals surface area contributed by atoms with Gasteiger partial charge < -0.3 is 9.79 Å². The van der Waals surface area contributed by atoms with Gasteiger partial charge in [0, 0.05) is 41.0 Å². The highest BCUT2D eigenvalue weighted by Gasteiger charge is 2.34. The van der Waals surface area contributed by atoms with Crippen LogP contribution < -0.4 is 9.13 Å². The molecule has 0 atom stereocenters. The summed E-state index contributed by atoms with van der Waals surface area (Å²) in [6.07, 6.45) is -3.30. The molecule has 0 radical (unpaired) electrons. The van der Waals surface area contributed by atoms with Crippen LogP contribution in [0.1, 0.15) is 5.56 Å². The molecule has 266 valence electrons. The number of alkyl halides is 6. The van der Waals surface area contributed by atoms with Crippen LogP contribution in [-0.2, 0) is 24.1 Å². The van der Waals surface area contributed by atoms with Crippen LogP contribution in [0.5, 0.6) is 0 Å². The van der Waals surface area contributed by atoms with E-state index >= 15 is 0 Å². The summed E-state index contributed by atoms with van der Waals surface area (Å²) in [5.41, 5.74) is 5.61. The maximum atomic E-state index is 12.8. The SMILES string of the molecule is O=P(O)(O)CCc1ccc(-c2nc(-c3ccc(-c4cc[n+](CC(F)(F)F)cc4)cc3)nc(-c3ccc(-c4cc[n+](CC(F)(F)F)cc4)cc3)n2)cc1. The molecular formula is C37H30F6N5O3P+2. The molecule has 3 aromatic heterocycles. The van der Waals surface area contributed by atoms with Crippen molar-refractivity contribution in [1.82, 2.24) is 15.0 Å². The summed E-state index contributed by atoms with van der Waals surface area (Å²) in [6.45, 7) is -2.18. The Balaban J connectivity index is 1.31. The van der Waals surface area contributed by atoms with Crippen molar-refractivity contribution in [3.8, 4) is 56.4 Å². The summed E-state index contributed by atoms with van der Waals surface area (Å²) >= 11 is 0. The molecule has 0 saturated heterocycles. The summed E-state index contributed by atoms with van der Waals surface area (Å²) in [5.74, 6) is 1.02.